The minimum Gasteiger partial charge on any atom is -0.347 e. The standard InChI is InChI=1S/C18H23FN4O/c1-22(2)17(24)12-23-11-14-4-3-5-16(18(14)21-23)20-10-13-6-8-15(19)9-7-13/h6-9,11,16,20H,3-5,10,12H2,1-2H3/t16-/m0/s1. The lowest BCUT2D eigenvalue weighted by Gasteiger charge is -2.22. The Kier molecular flexibility index (Phi) is 4.94. The van der Waals surface area contributed by atoms with Gasteiger partial charge in [0.15, 0.2) is 0 Å². The number of benzene rings is 1. The van der Waals surface area contributed by atoms with Gasteiger partial charge < -0.3 is 10.2 Å². The highest BCUT2D eigenvalue weighted by molar-refractivity contribution is 5.75. The monoisotopic (exact) mass is 330 g/mol. The summed E-state index contributed by atoms with van der Waals surface area (Å²) >= 11 is 0. The molecule has 1 amide bonds. The van der Waals surface area contributed by atoms with Crippen molar-refractivity contribution in [2.24, 2.45) is 0 Å². The molecule has 0 spiro atoms. The summed E-state index contributed by atoms with van der Waals surface area (Å²) in [4.78, 5) is 13.4. The lowest BCUT2D eigenvalue weighted by Crippen LogP contribution is -2.27. The van der Waals surface area contributed by atoms with Crippen LogP contribution in [0.2, 0.25) is 0 Å². The molecule has 0 radical (unpaired) electrons. The Morgan fingerprint density at radius 1 is 1.38 bits per heavy atom. The summed E-state index contributed by atoms with van der Waals surface area (Å²) in [6.07, 6.45) is 5.11. The molecular formula is C18H23FN4O. The fraction of sp³-hybridized carbons (Fsp3) is 0.444. The zero-order chi connectivity index (χ0) is 17.1. The van der Waals surface area contributed by atoms with Gasteiger partial charge in [-0.1, -0.05) is 12.1 Å². The number of fused-ring (bicyclic) bond motifs is 1. The number of aromatic nitrogens is 2. The summed E-state index contributed by atoms with van der Waals surface area (Å²) in [5.41, 5.74) is 3.30. The quantitative estimate of drug-likeness (QED) is 0.915. The molecule has 0 fully saturated rings. The molecule has 1 atom stereocenters. The first-order chi connectivity index (χ1) is 11.5. The summed E-state index contributed by atoms with van der Waals surface area (Å²) in [7, 11) is 3.50. The number of amides is 1. The largest absolute Gasteiger partial charge is 0.347 e. The second-order valence-electron chi connectivity index (χ2n) is 6.48. The van der Waals surface area contributed by atoms with Gasteiger partial charge in [0.05, 0.1) is 11.7 Å². The average molecular weight is 330 g/mol. The van der Waals surface area contributed by atoms with Gasteiger partial charge in [-0.3, -0.25) is 9.48 Å². The Hall–Kier alpha value is -2.21. The van der Waals surface area contributed by atoms with Crippen LogP contribution in [0.15, 0.2) is 30.5 Å². The first-order valence-electron chi connectivity index (χ1n) is 8.27. The van der Waals surface area contributed by atoms with E-state index in [1.165, 1.54) is 17.7 Å². The maximum absolute atomic E-state index is 13.0. The number of likely N-dealkylation sites (N-methyl/N-ethyl adjacent to an activating group) is 1. The molecule has 0 aliphatic heterocycles. The molecule has 1 aromatic carbocycles. The van der Waals surface area contributed by atoms with Crippen LogP contribution in [0.1, 0.15) is 35.7 Å². The normalized spacial score (nSPS) is 16.7. The first kappa shape index (κ1) is 16.6. The minimum absolute atomic E-state index is 0.0330. The van der Waals surface area contributed by atoms with Crippen LogP contribution in [0.25, 0.3) is 0 Å². The molecule has 6 heteroatoms. The molecular weight excluding hydrogens is 307 g/mol. The third kappa shape index (κ3) is 3.82. The van der Waals surface area contributed by atoms with E-state index in [1.54, 1.807) is 35.8 Å². The first-order valence-corrected chi connectivity index (χ1v) is 8.27. The third-order valence-corrected chi connectivity index (χ3v) is 4.40. The van der Waals surface area contributed by atoms with Crippen LogP contribution < -0.4 is 5.32 Å². The fourth-order valence-corrected chi connectivity index (χ4v) is 3.00. The molecule has 1 heterocycles. The number of halogens is 1. The lowest BCUT2D eigenvalue weighted by atomic mass is 9.93. The molecule has 0 saturated carbocycles. The van der Waals surface area contributed by atoms with Crippen molar-refractivity contribution in [2.75, 3.05) is 14.1 Å². The zero-order valence-corrected chi connectivity index (χ0v) is 14.1. The van der Waals surface area contributed by atoms with Crippen molar-refractivity contribution in [3.63, 3.8) is 0 Å². The lowest BCUT2D eigenvalue weighted by molar-refractivity contribution is -0.129. The van der Waals surface area contributed by atoms with Crippen molar-refractivity contribution >= 4 is 5.91 Å². The maximum atomic E-state index is 13.0. The molecule has 1 aromatic heterocycles. The van der Waals surface area contributed by atoms with Crippen molar-refractivity contribution in [3.05, 3.63) is 53.1 Å². The van der Waals surface area contributed by atoms with Crippen molar-refractivity contribution in [2.45, 2.75) is 38.4 Å². The van der Waals surface area contributed by atoms with Crippen LogP contribution in [0, 0.1) is 5.82 Å². The third-order valence-electron chi connectivity index (χ3n) is 4.40. The van der Waals surface area contributed by atoms with E-state index in [0.717, 1.165) is 30.5 Å². The smallest absolute Gasteiger partial charge is 0.243 e. The molecule has 1 aliphatic rings. The molecule has 3 rings (SSSR count). The Bertz CT molecular complexity index is 708. The molecule has 2 aromatic rings. The number of hydrogen-bond acceptors (Lipinski definition) is 3. The Morgan fingerprint density at radius 3 is 2.83 bits per heavy atom. The highest BCUT2D eigenvalue weighted by Crippen LogP contribution is 2.28. The number of nitrogens with one attached hydrogen (secondary N) is 1. The van der Waals surface area contributed by atoms with Gasteiger partial charge in [0, 0.05) is 26.8 Å². The second kappa shape index (κ2) is 7.13. The molecule has 1 N–H and O–H groups in total. The summed E-state index contributed by atoms with van der Waals surface area (Å²) in [5.74, 6) is -0.186. The number of carbonyl (C=O) groups is 1. The summed E-state index contributed by atoms with van der Waals surface area (Å²) in [6.45, 7) is 0.943. The zero-order valence-electron chi connectivity index (χ0n) is 14.1. The van der Waals surface area contributed by atoms with Crippen molar-refractivity contribution < 1.29 is 9.18 Å². The molecule has 0 bridgehead atoms. The van der Waals surface area contributed by atoms with Gasteiger partial charge in [0.25, 0.3) is 0 Å². The second-order valence-corrected chi connectivity index (χ2v) is 6.48. The van der Waals surface area contributed by atoms with Gasteiger partial charge >= 0.3 is 0 Å². The minimum atomic E-state index is -0.219. The Morgan fingerprint density at radius 2 is 2.12 bits per heavy atom. The van der Waals surface area contributed by atoms with Gasteiger partial charge in [0.2, 0.25) is 5.91 Å². The van der Waals surface area contributed by atoms with Crippen molar-refractivity contribution in [1.29, 1.82) is 0 Å². The van der Waals surface area contributed by atoms with E-state index >= 15 is 0 Å². The van der Waals surface area contributed by atoms with Gasteiger partial charge in [-0.15, -0.1) is 0 Å². The van der Waals surface area contributed by atoms with E-state index in [2.05, 4.69) is 10.4 Å². The van der Waals surface area contributed by atoms with Gasteiger partial charge in [-0.25, -0.2) is 4.39 Å². The van der Waals surface area contributed by atoms with E-state index in [4.69, 9.17) is 0 Å². The van der Waals surface area contributed by atoms with Crippen LogP contribution in [0.3, 0.4) is 0 Å². The topological polar surface area (TPSA) is 50.2 Å². The number of aryl methyl sites for hydroxylation is 1. The Labute approximate surface area is 141 Å². The maximum Gasteiger partial charge on any atom is 0.243 e. The molecule has 0 unspecified atom stereocenters. The van der Waals surface area contributed by atoms with Gasteiger partial charge in [0.1, 0.15) is 12.4 Å². The van der Waals surface area contributed by atoms with E-state index < -0.39 is 0 Å². The van der Waals surface area contributed by atoms with Crippen LogP contribution in [-0.4, -0.2) is 34.7 Å². The highest BCUT2D eigenvalue weighted by Gasteiger charge is 2.24. The van der Waals surface area contributed by atoms with Gasteiger partial charge in [-0.05, 0) is 42.5 Å². The number of carbonyl (C=O) groups excluding carboxylic acids is 1. The van der Waals surface area contributed by atoms with Crippen LogP contribution in [0.4, 0.5) is 4.39 Å². The molecule has 5 nitrogen and oxygen atoms in total. The molecule has 1 aliphatic carbocycles. The summed E-state index contributed by atoms with van der Waals surface area (Å²) in [6, 6.07) is 6.71. The number of rotatable bonds is 5. The van der Waals surface area contributed by atoms with E-state index in [9.17, 15) is 9.18 Å². The van der Waals surface area contributed by atoms with Crippen molar-refractivity contribution in [1.82, 2.24) is 20.0 Å². The van der Waals surface area contributed by atoms with E-state index in [0.29, 0.717) is 6.54 Å². The highest BCUT2D eigenvalue weighted by atomic mass is 19.1. The molecule has 128 valence electrons. The molecule has 24 heavy (non-hydrogen) atoms. The number of hydrogen-bond donors (Lipinski definition) is 1. The van der Waals surface area contributed by atoms with Crippen molar-refractivity contribution in [3.8, 4) is 0 Å². The fourth-order valence-electron chi connectivity index (χ4n) is 3.00. The van der Waals surface area contributed by atoms with Crippen LogP contribution in [0.5, 0.6) is 0 Å². The predicted molar refractivity (Wildman–Crippen MR) is 89.8 cm³/mol. The average Bonchev–Trinajstić information content (AvgIpc) is 2.97. The van der Waals surface area contributed by atoms with Crippen LogP contribution >= 0.6 is 0 Å². The van der Waals surface area contributed by atoms with Gasteiger partial charge in [-0.2, -0.15) is 5.10 Å². The number of nitrogens with zero attached hydrogens (tertiary/aromatic N) is 3. The summed E-state index contributed by atoms with van der Waals surface area (Å²) < 4.78 is 14.7. The molecule has 0 saturated heterocycles. The van der Waals surface area contributed by atoms with Crippen LogP contribution in [-0.2, 0) is 24.3 Å². The Balaban J connectivity index is 1.68. The SMILES string of the molecule is CN(C)C(=O)Cn1cc2c(n1)[C@@H](NCc1ccc(F)cc1)CCC2. The predicted octanol–water partition coefficient (Wildman–Crippen LogP) is 2.28. The van der Waals surface area contributed by atoms with E-state index in [1.807, 2.05) is 6.20 Å². The van der Waals surface area contributed by atoms with E-state index in [-0.39, 0.29) is 24.3 Å². The summed E-state index contributed by atoms with van der Waals surface area (Å²) in [5, 5.41) is 8.14.